The van der Waals surface area contributed by atoms with Gasteiger partial charge in [-0.05, 0) is 48.0 Å². The molecule has 0 unspecified atom stereocenters. The van der Waals surface area contributed by atoms with Crippen LogP contribution < -0.4 is 15.2 Å². The third-order valence-corrected chi connectivity index (χ3v) is 2.62. The van der Waals surface area contributed by atoms with Gasteiger partial charge in [-0.3, -0.25) is 4.79 Å². The summed E-state index contributed by atoms with van der Waals surface area (Å²) in [7, 11) is 1.62. The summed E-state index contributed by atoms with van der Waals surface area (Å²) < 4.78 is 10.8. The standard InChI is InChI=1S/C16H15NO3/c1-19-13-7-9-15(10-8-13)20-14-5-2-12(3-6-14)4-11-16(17)18/h2-11H,1H3,(H2,17,18)/b11-4-. The molecule has 0 fully saturated rings. The fourth-order valence-electron chi connectivity index (χ4n) is 1.61. The summed E-state index contributed by atoms with van der Waals surface area (Å²) in [5.41, 5.74) is 5.92. The van der Waals surface area contributed by atoms with E-state index >= 15 is 0 Å². The van der Waals surface area contributed by atoms with Crippen LogP contribution in [0.1, 0.15) is 5.56 Å². The van der Waals surface area contributed by atoms with Crippen molar-refractivity contribution < 1.29 is 14.3 Å². The summed E-state index contributed by atoms with van der Waals surface area (Å²) in [6, 6.07) is 14.7. The van der Waals surface area contributed by atoms with Gasteiger partial charge in [0.2, 0.25) is 5.91 Å². The fourth-order valence-corrected chi connectivity index (χ4v) is 1.61. The lowest BCUT2D eigenvalue weighted by atomic mass is 10.2. The number of amides is 1. The fraction of sp³-hybridized carbons (Fsp3) is 0.0625. The van der Waals surface area contributed by atoms with E-state index in [2.05, 4.69) is 0 Å². The normalized spacial score (nSPS) is 10.4. The van der Waals surface area contributed by atoms with Crippen molar-refractivity contribution in [3.8, 4) is 17.2 Å². The van der Waals surface area contributed by atoms with Gasteiger partial charge < -0.3 is 15.2 Å². The molecule has 4 nitrogen and oxygen atoms in total. The maximum absolute atomic E-state index is 10.6. The van der Waals surface area contributed by atoms with Crippen LogP contribution in [0.2, 0.25) is 0 Å². The van der Waals surface area contributed by atoms with E-state index in [1.54, 1.807) is 13.2 Å². The van der Waals surface area contributed by atoms with E-state index < -0.39 is 5.91 Å². The van der Waals surface area contributed by atoms with Gasteiger partial charge in [-0.25, -0.2) is 0 Å². The number of carbonyl (C=O) groups is 1. The molecular weight excluding hydrogens is 254 g/mol. The zero-order chi connectivity index (χ0) is 14.4. The van der Waals surface area contributed by atoms with Gasteiger partial charge in [0.15, 0.2) is 0 Å². The second-order valence-electron chi connectivity index (χ2n) is 4.08. The lowest BCUT2D eigenvalue weighted by Gasteiger charge is -2.06. The van der Waals surface area contributed by atoms with Crippen LogP contribution in [0, 0.1) is 0 Å². The first-order valence-corrected chi connectivity index (χ1v) is 6.07. The number of rotatable bonds is 5. The Hall–Kier alpha value is -2.75. The lowest BCUT2D eigenvalue weighted by Crippen LogP contribution is -2.04. The van der Waals surface area contributed by atoms with E-state index in [9.17, 15) is 4.79 Å². The van der Waals surface area contributed by atoms with Crippen molar-refractivity contribution in [2.24, 2.45) is 5.73 Å². The maximum Gasteiger partial charge on any atom is 0.241 e. The van der Waals surface area contributed by atoms with Crippen LogP contribution in [0.15, 0.2) is 54.6 Å². The van der Waals surface area contributed by atoms with Gasteiger partial charge in [-0.2, -0.15) is 0 Å². The molecule has 2 aromatic rings. The van der Waals surface area contributed by atoms with E-state index in [0.29, 0.717) is 5.75 Å². The molecule has 0 saturated heterocycles. The smallest absolute Gasteiger partial charge is 0.241 e. The van der Waals surface area contributed by atoms with Crippen molar-refractivity contribution in [1.82, 2.24) is 0 Å². The molecule has 2 N–H and O–H groups in total. The van der Waals surface area contributed by atoms with Crippen molar-refractivity contribution >= 4 is 12.0 Å². The zero-order valence-electron chi connectivity index (χ0n) is 11.1. The van der Waals surface area contributed by atoms with Crippen molar-refractivity contribution in [3.63, 3.8) is 0 Å². The van der Waals surface area contributed by atoms with Gasteiger partial charge in [0.05, 0.1) is 7.11 Å². The number of nitrogens with two attached hydrogens (primary N) is 1. The second kappa shape index (κ2) is 6.43. The number of ether oxygens (including phenoxy) is 2. The quantitative estimate of drug-likeness (QED) is 0.849. The van der Waals surface area contributed by atoms with Crippen LogP contribution in [-0.2, 0) is 4.79 Å². The van der Waals surface area contributed by atoms with Crippen molar-refractivity contribution in [2.75, 3.05) is 7.11 Å². The summed E-state index contributed by atoms with van der Waals surface area (Å²) in [5.74, 6) is 1.76. The highest BCUT2D eigenvalue weighted by Crippen LogP contribution is 2.24. The number of hydrogen-bond donors (Lipinski definition) is 1. The Balaban J connectivity index is 2.04. The van der Waals surface area contributed by atoms with Crippen molar-refractivity contribution in [3.05, 3.63) is 60.2 Å². The molecule has 0 aliphatic rings. The third kappa shape index (κ3) is 3.88. The van der Waals surface area contributed by atoms with E-state index in [4.69, 9.17) is 15.2 Å². The Morgan fingerprint density at radius 2 is 1.45 bits per heavy atom. The first-order chi connectivity index (χ1) is 9.67. The number of hydrogen-bond acceptors (Lipinski definition) is 3. The molecule has 0 heterocycles. The summed E-state index contributed by atoms with van der Waals surface area (Å²) in [5, 5.41) is 0. The molecule has 0 bridgehead atoms. The summed E-state index contributed by atoms with van der Waals surface area (Å²) in [4.78, 5) is 10.6. The van der Waals surface area contributed by atoms with Crippen LogP contribution in [0.5, 0.6) is 17.2 Å². The Labute approximate surface area is 117 Å². The van der Waals surface area contributed by atoms with Crippen LogP contribution >= 0.6 is 0 Å². The second-order valence-corrected chi connectivity index (χ2v) is 4.08. The van der Waals surface area contributed by atoms with Crippen LogP contribution in [0.3, 0.4) is 0 Å². The molecule has 0 radical (unpaired) electrons. The minimum atomic E-state index is -0.469. The Morgan fingerprint density at radius 1 is 0.950 bits per heavy atom. The van der Waals surface area contributed by atoms with Gasteiger partial charge in [0.1, 0.15) is 17.2 Å². The molecule has 0 aliphatic carbocycles. The molecule has 102 valence electrons. The zero-order valence-corrected chi connectivity index (χ0v) is 11.1. The molecular formula is C16H15NO3. The Kier molecular flexibility index (Phi) is 4.39. The highest BCUT2D eigenvalue weighted by Gasteiger charge is 1.98. The highest BCUT2D eigenvalue weighted by molar-refractivity contribution is 5.90. The van der Waals surface area contributed by atoms with Crippen molar-refractivity contribution in [1.29, 1.82) is 0 Å². The minimum Gasteiger partial charge on any atom is -0.497 e. The predicted molar refractivity (Wildman–Crippen MR) is 77.7 cm³/mol. The van der Waals surface area contributed by atoms with Gasteiger partial charge in [0.25, 0.3) is 0 Å². The van der Waals surface area contributed by atoms with Gasteiger partial charge in [-0.15, -0.1) is 0 Å². The molecule has 0 spiro atoms. The van der Waals surface area contributed by atoms with Gasteiger partial charge >= 0.3 is 0 Å². The first-order valence-electron chi connectivity index (χ1n) is 6.07. The molecule has 20 heavy (non-hydrogen) atoms. The molecule has 0 aliphatic heterocycles. The van der Waals surface area contributed by atoms with Gasteiger partial charge in [0, 0.05) is 6.08 Å². The molecule has 0 atom stereocenters. The topological polar surface area (TPSA) is 61.6 Å². The Morgan fingerprint density at radius 3 is 1.95 bits per heavy atom. The summed E-state index contributed by atoms with van der Waals surface area (Å²) in [6.07, 6.45) is 2.97. The monoisotopic (exact) mass is 269 g/mol. The van der Waals surface area contributed by atoms with E-state index in [-0.39, 0.29) is 0 Å². The van der Waals surface area contributed by atoms with Gasteiger partial charge in [-0.1, -0.05) is 12.1 Å². The Bertz CT molecular complexity index is 601. The summed E-state index contributed by atoms with van der Waals surface area (Å²) in [6.45, 7) is 0. The molecule has 1 amide bonds. The number of primary amides is 1. The molecule has 2 rings (SSSR count). The predicted octanol–water partition coefficient (Wildman–Crippen LogP) is 2.99. The number of methoxy groups -OCH3 is 1. The summed E-state index contributed by atoms with van der Waals surface area (Å²) >= 11 is 0. The lowest BCUT2D eigenvalue weighted by molar-refractivity contribution is -0.113. The van der Waals surface area contributed by atoms with Crippen LogP contribution in [0.4, 0.5) is 0 Å². The van der Waals surface area contributed by atoms with Crippen molar-refractivity contribution in [2.45, 2.75) is 0 Å². The molecule has 0 saturated carbocycles. The van der Waals surface area contributed by atoms with Crippen LogP contribution in [0.25, 0.3) is 6.08 Å². The number of benzene rings is 2. The third-order valence-electron chi connectivity index (χ3n) is 2.62. The molecule has 2 aromatic carbocycles. The first kappa shape index (κ1) is 13.7. The molecule has 4 heteroatoms. The highest BCUT2D eigenvalue weighted by atomic mass is 16.5. The van der Waals surface area contributed by atoms with Crippen LogP contribution in [-0.4, -0.2) is 13.0 Å². The maximum atomic E-state index is 10.6. The van der Waals surface area contributed by atoms with E-state index in [1.165, 1.54) is 6.08 Å². The average molecular weight is 269 g/mol. The number of carbonyl (C=O) groups excluding carboxylic acids is 1. The minimum absolute atomic E-state index is 0.469. The molecule has 0 aromatic heterocycles. The van der Waals surface area contributed by atoms with E-state index in [1.807, 2.05) is 48.5 Å². The largest absolute Gasteiger partial charge is 0.497 e. The average Bonchev–Trinajstić information content (AvgIpc) is 2.47. The van der Waals surface area contributed by atoms with E-state index in [0.717, 1.165) is 17.1 Å². The SMILES string of the molecule is COc1ccc(Oc2ccc(/C=C\C(N)=O)cc2)cc1.